The van der Waals surface area contributed by atoms with Crippen LogP contribution in [0.25, 0.3) is 17.0 Å². The van der Waals surface area contributed by atoms with Gasteiger partial charge in [0.1, 0.15) is 5.82 Å². The Hall–Kier alpha value is -2.48. The Morgan fingerprint density at radius 1 is 1.24 bits per heavy atom. The molecule has 0 unspecified atom stereocenters. The zero-order chi connectivity index (χ0) is 17.4. The summed E-state index contributed by atoms with van der Waals surface area (Å²) >= 11 is 1.63. The second-order valence-corrected chi connectivity index (χ2v) is 7.13. The van der Waals surface area contributed by atoms with Gasteiger partial charge in [0, 0.05) is 44.0 Å². The SMILES string of the molecule is CC(=O)N(C)C1CCN(c2ccc3nnc(-c4ccsc4)n3n2)CC1. The molecular formula is C17H20N6OS. The molecule has 4 heterocycles. The van der Waals surface area contributed by atoms with Crippen LogP contribution in [0.2, 0.25) is 0 Å². The summed E-state index contributed by atoms with van der Waals surface area (Å²) in [4.78, 5) is 15.7. The van der Waals surface area contributed by atoms with E-state index in [4.69, 9.17) is 5.10 Å². The molecule has 0 radical (unpaired) electrons. The number of hydrogen-bond donors (Lipinski definition) is 0. The first-order valence-electron chi connectivity index (χ1n) is 8.37. The third-order valence-electron chi connectivity index (χ3n) is 4.86. The normalized spacial score (nSPS) is 15.7. The Balaban J connectivity index is 1.56. The van der Waals surface area contributed by atoms with Crippen LogP contribution in [0, 0.1) is 0 Å². The summed E-state index contributed by atoms with van der Waals surface area (Å²) < 4.78 is 1.81. The number of fused-ring (bicyclic) bond motifs is 1. The monoisotopic (exact) mass is 356 g/mol. The van der Waals surface area contributed by atoms with E-state index in [0.717, 1.165) is 48.8 Å². The van der Waals surface area contributed by atoms with Gasteiger partial charge in [-0.1, -0.05) is 0 Å². The van der Waals surface area contributed by atoms with Gasteiger partial charge in [-0.25, -0.2) is 0 Å². The van der Waals surface area contributed by atoms with Crippen LogP contribution in [-0.4, -0.2) is 56.8 Å². The Kier molecular flexibility index (Phi) is 4.12. The summed E-state index contributed by atoms with van der Waals surface area (Å²) in [5, 5.41) is 17.3. The molecule has 1 aliphatic heterocycles. The maximum atomic E-state index is 11.5. The van der Waals surface area contributed by atoms with Crippen LogP contribution in [0.15, 0.2) is 29.0 Å². The van der Waals surface area contributed by atoms with E-state index in [0.29, 0.717) is 6.04 Å². The molecule has 130 valence electrons. The van der Waals surface area contributed by atoms with Crippen molar-refractivity contribution < 1.29 is 4.79 Å². The number of anilines is 1. The molecule has 0 atom stereocenters. The van der Waals surface area contributed by atoms with E-state index >= 15 is 0 Å². The molecule has 1 fully saturated rings. The third kappa shape index (κ3) is 2.97. The van der Waals surface area contributed by atoms with Crippen LogP contribution < -0.4 is 4.90 Å². The standard InChI is InChI=1S/C17H20N6OS/c1-12(24)21(2)14-5-8-22(9-6-14)16-4-3-15-18-19-17(23(15)20-16)13-7-10-25-11-13/h3-4,7,10-11,14H,5-6,8-9H2,1-2H3. The highest BCUT2D eigenvalue weighted by Gasteiger charge is 2.25. The fraction of sp³-hybridized carbons (Fsp3) is 0.412. The number of aromatic nitrogens is 4. The molecule has 0 N–H and O–H groups in total. The molecular weight excluding hydrogens is 336 g/mol. The largest absolute Gasteiger partial charge is 0.355 e. The minimum atomic E-state index is 0.128. The van der Waals surface area contributed by atoms with Crippen molar-refractivity contribution in [2.24, 2.45) is 0 Å². The van der Waals surface area contributed by atoms with Crippen molar-refractivity contribution in [3.8, 4) is 11.4 Å². The Labute approximate surface area is 149 Å². The molecule has 4 rings (SSSR count). The van der Waals surface area contributed by atoms with Crippen molar-refractivity contribution in [3.63, 3.8) is 0 Å². The summed E-state index contributed by atoms with van der Waals surface area (Å²) in [6.07, 6.45) is 1.91. The number of nitrogens with zero attached hydrogens (tertiary/aromatic N) is 6. The van der Waals surface area contributed by atoms with Gasteiger partial charge in [-0.2, -0.15) is 15.9 Å². The second kappa shape index (κ2) is 6.44. The molecule has 1 saturated heterocycles. The maximum absolute atomic E-state index is 11.5. The van der Waals surface area contributed by atoms with E-state index in [1.165, 1.54) is 0 Å². The number of rotatable bonds is 3. The lowest BCUT2D eigenvalue weighted by molar-refractivity contribution is -0.129. The predicted octanol–water partition coefficient (Wildman–Crippen LogP) is 2.30. The van der Waals surface area contributed by atoms with Gasteiger partial charge >= 0.3 is 0 Å². The minimum absolute atomic E-state index is 0.128. The van der Waals surface area contributed by atoms with E-state index in [1.807, 2.05) is 45.4 Å². The number of hydrogen-bond acceptors (Lipinski definition) is 6. The quantitative estimate of drug-likeness (QED) is 0.720. The van der Waals surface area contributed by atoms with Gasteiger partial charge in [0.25, 0.3) is 0 Å². The van der Waals surface area contributed by atoms with E-state index < -0.39 is 0 Å². The number of piperidine rings is 1. The highest BCUT2D eigenvalue weighted by molar-refractivity contribution is 7.08. The summed E-state index contributed by atoms with van der Waals surface area (Å²) in [7, 11) is 1.89. The highest BCUT2D eigenvalue weighted by Crippen LogP contribution is 2.24. The van der Waals surface area contributed by atoms with Crippen molar-refractivity contribution in [2.45, 2.75) is 25.8 Å². The third-order valence-corrected chi connectivity index (χ3v) is 5.54. The van der Waals surface area contributed by atoms with Crippen LogP contribution in [0.4, 0.5) is 5.82 Å². The van der Waals surface area contributed by atoms with Gasteiger partial charge in [0.15, 0.2) is 11.5 Å². The number of thiophene rings is 1. The zero-order valence-electron chi connectivity index (χ0n) is 14.3. The average molecular weight is 356 g/mol. The first-order valence-corrected chi connectivity index (χ1v) is 9.31. The Bertz CT molecular complexity index is 882. The number of carbonyl (C=O) groups excluding carboxylic acids is 1. The van der Waals surface area contributed by atoms with Crippen LogP contribution >= 0.6 is 11.3 Å². The van der Waals surface area contributed by atoms with Gasteiger partial charge in [-0.3, -0.25) is 4.79 Å². The lowest BCUT2D eigenvalue weighted by Crippen LogP contribution is -2.45. The second-order valence-electron chi connectivity index (χ2n) is 6.35. The predicted molar refractivity (Wildman–Crippen MR) is 97.8 cm³/mol. The summed E-state index contributed by atoms with van der Waals surface area (Å²) in [5.41, 5.74) is 1.78. The van der Waals surface area contributed by atoms with Gasteiger partial charge in [-0.15, -0.1) is 15.3 Å². The Morgan fingerprint density at radius 3 is 2.72 bits per heavy atom. The first kappa shape index (κ1) is 16.0. The number of amides is 1. The van der Waals surface area contributed by atoms with Crippen molar-refractivity contribution in [1.29, 1.82) is 0 Å². The van der Waals surface area contributed by atoms with Crippen LogP contribution in [0.5, 0.6) is 0 Å². The van der Waals surface area contributed by atoms with Gasteiger partial charge in [0.2, 0.25) is 5.91 Å². The summed E-state index contributed by atoms with van der Waals surface area (Å²) in [6.45, 7) is 3.40. The lowest BCUT2D eigenvalue weighted by atomic mass is 10.0. The lowest BCUT2D eigenvalue weighted by Gasteiger charge is -2.36. The van der Waals surface area contributed by atoms with E-state index in [9.17, 15) is 4.79 Å². The van der Waals surface area contributed by atoms with Gasteiger partial charge in [-0.05, 0) is 36.4 Å². The first-order chi connectivity index (χ1) is 12.1. The molecule has 3 aromatic rings. The molecule has 0 bridgehead atoms. The number of carbonyl (C=O) groups is 1. The highest BCUT2D eigenvalue weighted by atomic mass is 32.1. The van der Waals surface area contributed by atoms with Gasteiger partial charge < -0.3 is 9.80 Å². The molecule has 0 saturated carbocycles. The fourth-order valence-corrected chi connectivity index (χ4v) is 3.89. The maximum Gasteiger partial charge on any atom is 0.219 e. The molecule has 8 heteroatoms. The molecule has 7 nitrogen and oxygen atoms in total. The molecule has 0 aliphatic carbocycles. The average Bonchev–Trinajstić information content (AvgIpc) is 3.29. The summed E-state index contributed by atoms with van der Waals surface area (Å²) in [6, 6.07) is 6.29. The van der Waals surface area contributed by atoms with Crippen molar-refractivity contribution in [2.75, 3.05) is 25.0 Å². The van der Waals surface area contributed by atoms with Crippen molar-refractivity contribution in [3.05, 3.63) is 29.0 Å². The van der Waals surface area contributed by atoms with E-state index in [-0.39, 0.29) is 5.91 Å². The van der Waals surface area contributed by atoms with Crippen molar-refractivity contribution >= 4 is 28.7 Å². The molecule has 0 aromatic carbocycles. The minimum Gasteiger partial charge on any atom is -0.355 e. The van der Waals surface area contributed by atoms with E-state index in [1.54, 1.807) is 18.3 Å². The molecule has 3 aromatic heterocycles. The topological polar surface area (TPSA) is 66.6 Å². The van der Waals surface area contributed by atoms with E-state index in [2.05, 4.69) is 15.1 Å². The fourth-order valence-electron chi connectivity index (χ4n) is 3.26. The van der Waals surface area contributed by atoms with Gasteiger partial charge in [0.05, 0.1) is 0 Å². The molecule has 1 amide bonds. The smallest absolute Gasteiger partial charge is 0.219 e. The molecule has 0 spiro atoms. The molecule has 1 aliphatic rings. The van der Waals surface area contributed by atoms with Crippen LogP contribution in [0.1, 0.15) is 19.8 Å². The van der Waals surface area contributed by atoms with Crippen LogP contribution in [0.3, 0.4) is 0 Å². The molecule has 25 heavy (non-hydrogen) atoms. The summed E-state index contributed by atoms with van der Waals surface area (Å²) in [5.74, 6) is 1.82. The Morgan fingerprint density at radius 2 is 2.04 bits per heavy atom. The van der Waals surface area contributed by atoms with Crippen molar-refractivity contribution in [1.82, 2.24) is 24.7 Å². The van der Waals surface area contributed by atoms with Crippen LogP contribution in [-0.2, 0) is 4.79 Å². The zero-order valence-corrected chi connectivity index (χ0v) is 15.1.